The Morgan fingerprint density at radius 1 is 1.36 bits per heavy atom. The highest BCUT2D eigenvalue weighted by Gasteiger charge is 2.08. The molecule has 1 rings (SSSR count). The number of ether oxygens (including phenoxy) is 1. The zero-order valence-electron chi connectivity index (χ0n) is 7.74. The van der Waals surface area contributed by atoms with E-state index in [2.05, 4.69) is 17.2 Å². The quantitative estimate of drug-likeness (QED) is 0.731. The van der Waals surface area contributed by atoms with Crippen molar-refractivity contribution in [3.8, 4) is 0 Å². The molecule has 1 aromatic carbocycles. The highest BCUT2D eigenvalue weighted by Crippen LogP contribution is 2.15. The van der Waals surface area contributed by atoms with Gasteiger partial charge in [0.25, 0.3) is 0 Å². The monoisotopic (exact) mass is 192 g/mol. The van der Waals surface area contributed by atoms with Gasteiger partial charge in [0.05, 0.1) is 5.69 Å². The van der Waals surface area contributed by atoms with Crippen molar-refractivity contribution in [2.75, 3.05) is 5.32 Å². The van der Waals surface area contributed by atoms with E-state index < -0.39 is 6.09 Å². The predicted octanol–water partition coefficient (Wildman–Crippen LogP) is 2.23. The van der Waals surface area contributed by atoms with Crippen LogP contribution < -0.4 is 5.32 Å². The molecule has 1 radical (unpaired) electrons. The molecule has 0 aromatic heterocycles. The van der Waals surface area contributed by atoms with Gasteiger partial charge in [0.15, 0.2) is 5.78 Å². The topological polar surface area (TPSA) is 55.4 Å². The number of nitrogens with one attached hydrogen (secondary N) is 1. The van der Waals surface area contributed by atoms with Crippen LogP contribution >= 0.6 is 0 Å². The average molecular weight is 192 g/mol. The fourth-order valence-corrected chi connectivity index (χ4v) is 1.05. The van der Waals surface area contributed by atoms with Crippen LogP contribution in [-0.2, 0) is 4.74 Å². The van der Waals surface area contributed by atoms with E-state index >= 15 is 0 Å². The van der Waals surface area contributed by atoms with Gasteiger partial charge >= 0.3 is 6.09 Å². The van der Waals surface area contributed by atoms with E-state index in [-0.39, 0.29) is 5.78 Å². The Hall–Kier alpha value is -1.84. The first-order chi connectivity index (χ1) is 6.65. The smallest absolute Gasteiger partial charge is 0.411 e. The van der Waals surface area contributed by atoms with E-state index in [1.54, 1.807) is 24.3 Å². The molecule has 14 heavy (non-hydrogen) atoms. The number of carbonyl (C=O) groups excluding carboxylic acids is 2. The number of hydrogen-bond acceptors (Lipinski definition) is 3. The SMILES string of the molecule is [CH2]OC(=O)Nc1ccccc1C(C)=O. The van der Waals surface area contributed by atoms with Crippen molar-refractivity contribution < 1.29 is 14.3 Å². The van der Waals surface area contributed by atoms with Crippen LogP contribution in [0.3, 0.4) is 0 Å². The third-order valence-electron chi connectivity index (χ3n) is 1.67. The standard InChI is InChI=1S/C10H10NO3/c1-7(12)8-5-3-4-6-9(8)11-10(13)14-2/h3-6H,2H2,1H3,(H,11,13). The van der Waals surface area contributed by atoms with E-state index in [1.807, 2.05) is 0 Å². The van der Waals surface area contributed by atoms with Crippen molar-refractivity contribution in [2.45, 2.75) is 6.92 Å². The molecule has 0 saturated carbocycles. The number of ketones is 1. The number of anilines is 1. The summed E-state index contributed by atoms with van der Waals surface area (Å²) >= 11 is 0. The van der Waals surface area contributed by atoms with Crippen LogP contribution in [0.15, 0.2) is 24.3 Å². The van der Waals surface area contributed by atoms with E-state index in [1.165, 1.54) is 6.92 Å². The van der Waals surface area contributed by atoms with Gasteiger partial charge in [-0.15, -0.1) is 0 Å². The molecule has 0 bridgehead atoms. The van der Waals surface area contributed by atoms with Crippen molar-refractivity contribution in [1.82, 2.24) is 0 Å². The lowest BCUT2D eigenvalue weighted by molar-refractivity contribution is 0.101. The first-order valence-corrected chi connectivity index (χ1v) is 3.98. The molecule has 0 aliphatic rings. The third kappa shape index (κ3) is 2.32. The van der Waals surface area contributed by atoms with Crippen molar-refractivity contribution >= 4 is 17.6 Å². The third-order valence-corrected chi connectivity index (χ3v) is 1.67. The molecule has 4 heteroatoms. The summed E-state index contributed by atoms with van der Waals surface area (Å²) in [6, 6.07) is 6.68. The van der Waals surface area contributed by atoms with Crippen molar-refractivity contribution in [3.05, 3.63) is 36.9 Å². The number of carbonyl (C=O) groups is 2. The number of para-hydroxylation sites is 1. The number of rotatable bonds is 2. The Kier molecular flexibility index (Phi) is 3.23. The highest BCUT2D eigenvalue weighted by molar-refractivity contribution is 6.02. The molecule has 0 aliphatic carbocycles. The first kappa shape index (κ1) is 10.2. The minimum Gasteiger partial charge on any atom is -0.446 e. The molecule has 0 spiro atoms. The van der Waals surface area contributed by atoms with Gasteiger partial charge in [-0.05, 0) is 19.1 Å². The maximum absolute atomic E-state index is 11.1. The lowest BCUT2D eigenvalue weighted by atomic mass is 10.1. The van der Waals surface area contributed by atoms with Crippen LogP contribution in [0.1, 0.15) is 17.3 Å². The van der Waals surface area contributed by atoms with Gasteiger partial charge in [0, 0.05) is 5.56 Å². The Balaban J connectivity index is 2.95. The van der Waals surface area contributed by atoms with Crippen LogP contribution in [-0.4, -0.2) is 11.9 Å². The second-order valence-corrected chi connectivity index (χ2v) is 2.66. The average Bonchev–Trinajstić information content (AvgIpc) is 2.18. The largest absolute Gasteiger partial charge is 0.446 e. The maximum atomic E-state index is 11.1. The Bertz CT molecular complexity index is 360. The molecule has 0 heterocycles. The summed E-state index contributed by atoms with van der Waals surface area (Å²) < 4.78 is 4.18. The number of amides is 1. The predicted molar refractivity (Wildman–Crippen MR) is 51.9 cm³/mol. The van der Waals surface area contributed by atoms with Crippen molar-refractivity contribution in [1.29, 1.82) is 0 Å². The van der Waals surface area contributed by atoms with Crippen molar-refractivity contribution in [2.24, 2.45) is 0 Å². The Morgan fingerprint density at radius 3 is 2.57 bits per heavy atom. The molecular weight excluding hydrogens is 182 g/mol. The molecule has 0 fully saturated rings. The van der Waals surface area contributed by atoms with Crippen molar-refractivity contribution in [3.63, 3.8) is 0 Å². The Morgan fingerprint density at radius 2 is 2.00 bits per heavy atom. The van der Waals surface area contributed by atoms with Gasteiger partial charge in [0.2, 0.25) is 0 Å². The maximum Gasteiger partial charge on any atom is 0.411 e. The van der Waals surface area contributed by atoms with Gasteiger partial charge in [-0.3, -0.25) is 10.1 Å². The van der Waals surface area contributed by atoms with Crippen LogP contribution in [0.2, 0.25) is 0 Å². The molecule has 0 atom stereocenters. The summed E-state index contributed by atoms with van der Waals surface area (Å²) in [5, 5.41) is 2.40. The summed E-state index contributed by atoms with van der Waals surface area (Å²) in [4.78, 5) is 22.0. The summed E-state index contributed by atoms with van der Waals surface area (Å²) in [6.07, 6.45) is -0.696. The number of benzene rings is 1. The van der Waals surface area contributed by atoms with E-state index in [9.17, 15) is 9.59 Å². The van der Waals surface area contributed by atoms with Gasteiger partial charge in [0.1, 0.15) is 7.11 Å². The lowest BCUT2D eigenvalue weighted by Crippen LogP contribution is -2.12. The minimum atomic E-state index is -0.696. The van der Waals surface area contributed by atoms with Gasteiger partial charge < -0.3 is 4.74 Å². The summed E-state index contributed by atoms with van der Waals surface area (Å²) in [5.41, 5.74) is 0.867. The minimum absolute atomic E-state index is 0.120. The zero-order chi connectivity index (χ0) is 10.6. The fraction of sp³-hybridized carbons (Fsp3) is 0.100. The molecule has 73 valence electrons. The second-order valence-electron chi connectivity index (χ2n) is 2.66. The van der Waals surface area contributed by atoms with E-state index in [4.69, 9.17) is 0 Å². The molecule has 1 amide bonds. The molecular formula is C10H10NO3. The summed E-state index contributed by atoms with van der Waals surface area (Å²) in [7, 11) is 2.96. The van der Waals surface area contributed by atoms with E-state index in [0.29, 0.717) is 11.3 Å². The molecule has 0 aliphatic heterocycles. The second kappa shape index (κ2) is 4.41. The van der Waals surface area contributed by atoms with Gasteiger partial charge in [-0.25, -0.2) is 4.79 Å². The number of hydrogen-bond donors (Lipinski definition) is 1. The normalized spacial score (nSPS) is 9.29. The summed E-state index contributed by atoms with van der Waals surface area (Å²) in [6.45, 7) is 1.43. The van der Waals surface area contributed by atoms with Crippen LogP contribution in [0.5, 0.6) is 0 Å². The molecule has 0 saturated heterocycles. The van der Waals surface area contributed by atoms with Gasteiger partial charge in [-0.2, -0.15) is 0 Å². The fourth-order valence-electron chi connectivity index (χ4n) is 1.05. The van der Waals surface area contributed by atoms with Gasteiger partial charge in [-0.1, -0.05) is 12.1 Å². The molecule has 1 N–H and O–H groups in total. The van der Waals surface area contributed by atoms with E-state index in [0.717, 1.165) is 0 Å². The summed E-state index contributed by atoms with van der Waals surface area (Å²) in [5.74, 6) is -0.120. The highest BCUT2D eigenvalue weighted by atomic mass is 16.5. The lowest BCUT2D eigenvalue weighted by Gasteiger charge is -2.06. The van der Waals surface area contributed by atoms with Crippen LogP contribution in [0.25, 0.3) is 0 Å². The first-order valence-electron chi connectivity index (χ1n) is 3.98. The van der Waals surface area contributed by atoms with Crippen LogP contribution in [0.4, 0.5) is 10.5 Å². The molecule has 4 nitrogen and oxygen atoms in total. The number of Topliss-reactive ketones (excluding diaryl/α,β-unsaturated/α-hetero) is 1. The van der Waals surface area contributed by atoms with Crippen LogP contribution in [0, 0.1) is 7.11 Å². The Labute approximate surface area is 81.9 Å². The molecule has 1 aromatic rings. The molecule has 0 unspecified atom stereocenters. The zero-order valence-corrected chi connectivity index (χ0v) is 7.74.